The summed E-state index contributed by atoms with van der Waals surface area (Å²) in [6.45, 7) is 7.50. The lowest BCUT2D eigenvalue weighted by Gasteiger charge is -2.27. The van der Waals surface area contributed by atoms with Gasteiger partial charge in [0.2, 0.25) is 0 Å². The third-order valence-corrected chi connectivity index (χ3v) is 3.37. The predicted octanol–water partition coefficient (Wildman–Crippen LogP) is 1.75. The van der Waals surface area contributed by atoms with Crippen molar-refractivity contribution in [2.24, 2.45) is 5.41 Å². The molecule has 6 nitrogen and oxygen atoms in total. The lowest BCUT2D eigenvalue weighted by molar-refractivity contribution is -0.141. The molecule has 0 spiro atoms. The van der Waals surface area contributed by atoms with Crippen molar-refractivity contribution in [2.45, 2.75) is 40.3 Å². The zero-order chi connectivity index (χ0) is 14.6. The second kappa shape index (κ2) is 6.01. The van der Waals surface area contributed by atoms with Crippen LogP contribution in [0.2, 0.25) is 0 Å². The largest absolute Gasteiger partial charge is 0.480 e. The van der Waals surface area contributed by atoms with Crippen LogP contribution in [-0.2, 0) is 11.3 Å². The van der Waals surface area contributed by atoms with Crippen molar-refractivity contribution >= 4 is 23.3 Å². The Balaban J connectivity index is 2.52. The first kappa shape index (κ1) is 15.4. The average Bonchev–Trinajstić information content (AvgIpc) is 2.67. The number of nitrogens with zero attached hydrogens (tertiary/aromatic N) is 1. The number of aromatic nitrogens is 1. The SMILES string of the molecule is Cc1cnc(CNC(=O)N[C@H](C(=O)O)C(C)(C)C)s1. The Hall–Kier alpha value is -1.63. The molecule has 1 rings (SSSR count). The predicted molar refractivity (Wildman–Crippen MR) is 73.1 cm³/mol. The van der Waals surface area contributed by atoms with Crippen LogP contribution >= 0.6 is 11.3 Å². The van der Waals surface area contributed by atoms with E-state index in [0.717, 1.165) is 9.88 Å². The van der Waals surface area contributed by atoms with Gasteiger partial charge in [-0.3, -0.25) is 0 Å². The maximum absolute atomic E-state index is 11.7. The summed E-state index contributed by atoms with van der Waals surface area (Å²) < 4.78 is 0. The smallest absolute Gasteiger partial charge is 0.326 e. The second-order valence-corrected chi connectivity index (χ2v) is 6.65. The van der Waals surface area contributed by atoms with Crippen molar-refractivity contribution in [1.29, 1.82) is 0 Å². The topological polar surface area (TPSA) is 91.3 Å². The highest BCUT2D eigenvalue weighted by Gasteiger charge is 2.32. The Bertz CT molecular complexity index is 465. The standard InChI is InChI=1S/C12H19N3O3S/c1-7-5-13-8(19-7)6-14-11(18)15-9(10(16)17)12(2,3)4/h5,9H,6H2,1-4H3,(H,16,17)(H2,14,15,18)/t9-/m1/s1. The number of aliphatic carboxylic acids is 1. The fraction of sp³-hybridized carbons (Fsp3) is 0.583. The van der Waals surface area contributed by atoms with Gasteiger partial charge < -0.3 is 15.7 Å². The van der Waals surface area contributed by atoms with Gasteiger partial charge in [-0.05, 0) is 12.3 Å². The molecule has 0 aliphatic rings. The number of rotatable bonds is 4. The molecule has 19 heavy (non-hydrogen) atoms. The number of hydrogen-bond donors (Lipinski definition) is 3. The number of thiazole rings is 1. The first-order chi connectivity index (χ1) is 8.70. The Morgan fingerprint density at radius 2 is 2.11 bits per heavy atom. The lowest BCUT2D eigenvalue weighted by atomic mass is 9.87. The van der Waals surface area contributed by atoms with Gasteiger partial charge in [0.1, 0.15) is 11.0 Å². The minimum absolute atomic E-state index is 0.292. The fourth-order valence-corrected chi connectivity index (χ4v) is 2.20. The van der Waals surface area contributed by atoms with Crippen LogP contribution in [0.5, 0.6) is 0 Å². The third kappa shape index (κ3) is 4.86. The van der Waals surface area contributed by atoms with E-state index in [1.807, 2.05) is 6.92 Å². The van der Waals surface area contributed by atoms with E-state index in [2.05, 4.69) is 15.6 Å². The highest BCUT2D eigenvalue weighted by molar-refractivity contribution is 7.11. The van der Waals surface area contributed by atoms with Crippen LogP contribution in [0.1, 0.15) is 30.7 Å². The molecule has 7 heteroatoms. The molecule has 0 unspecified atom stereocenters. The molecule has 0 saturated carbocycles. The number of carbonyl (C=O) groups is 2. The van der Waals surface area contributed by atoms with Crippen LogP contribution in [0.25, 0.3) is 0 Å². The Kier molecular flexibility index (Phi) is 4.88. The zero-order valence-electron chi connectivity index (χ0n) is 11.5. The lowest BCUT2D eigenvalue weighted by Crippen LogP contribution is -2.52. The molecule has 3 N–H and O–H groups in total. The van der Waals surface area contributed by atoms with E-state index in [4.69, 9.17) is 5.11 Å². The summed E-state index contributed by atoms with van der Waals surface area (Å²) in [5.74, 6) is -1.05. The van der Waals surface area contributed by atoms with Gasteiger partial charge in [-0.1, -0.05) is 20.8 Å². The molecule has 0 aliphatic heterocycles. The molecule has 0 aromatic carbocycles. The maximum atomic E-state index is 11.7. The van der Waals surface area contributed by atoms with Crippen LogP contribution in [0.3, 0.4) is 0 Å². The van der Waals surface area contributed by atoms with Gasteiger partial charge in [0.25, 0.3) is 0 Å². The Morgan fingerprint density at radius 1 is 1.47 bits per heavy atom. The molecule has 1 atom stereocenters. The number of carboxylic acid groups (broad SMARTS) is 1. The van der Waals surface area contributed by atoms with Crippen molar-refractivity contribution < 1.29 is 14.7 Å². The summed E-state index contributed by atoms with van der Waals surface area (Å²) in [4.78, 5) is 28.0. The molecule has 0 radical (unpaired) electrons. The monoisotopic (exact) mass is 285 g/mol. The molecule has 106 valence electrons. The van der Waals surface area contributed by atoms with E-state index in [0.29, 0.717) is 6.54 Å². The summed E-state index contributed by atoms with van der Waals surface area (Å²) in [6.07, 6.45) is 1.73. The molecule has 1 aromatic heterocycles. The zero-order valence-corrected chi connectivity index (χ0v) is 12.3. The van der Waals surface area contributed by atoms with Crippen LogP contribution in [0, 0.1) is 12.3 Å². The van der Waals surface area contributed by atoms with Gasteiger partial charge in [0.15, 0.2) is 0 Å². The quantitative estimate of drug-likeness (QED) is 0.786. The number of nitrogens with one attached hydrogen (secondary N) is 2. The van der Waals surface area contributed by atoms with Gasteiger partial charge >= 0.3 is 12.0 Å². The molecule has 0 fully saturated rings. The summed E-state index contributed by atoms with van der Waals surface area (Å²) in [5, 5.41) is 14.9. The van der Waals surface area contributed by atoms with E-state index >= 15 is 0 Å². The molecule has 0 saturated heterocycles. The van der Waals surface area contributed by atoms with Gasteiger partial charge in [-0.25, -0.2) is 14.6 Å². The molecule has 0 bridgehead atoms. The number of carboxylic acids is 1. The highest BCUT2D eigenvalue weighted by atomic mass is 32.1. The van der Waals surface area contributed by atoms with Gasteiger partial charge in [-0.2, -0.15) is 0 Å². The summed E-state index contributed by atoms with van der Waals surface area (Å²) in [6, 6.07) is -1.44. The minimum atomic E-state index is -1.05. The molecule has 1 aromatic rings. The van der Waals surface area contributed by atoms with E-state index < -0.39 is 23.5 Å². The maximum Gasteiger partial charge on any atom is 0.326 e. The number of amides is 2. The fourth-order valence-electron chi connectivity index (χ4n) is 1.47. The molecule has 2 amide bonds. The van der Waals surface area contributed by atoms with Crippen molar-refractivity contribution in [1.82, 2.24) is 15.6 Å². The highest BCUT2D eigenvalue weighted by Crippen LogP contribution is 2.19. The Labute approximate surface area is 116 Å². The van der Waals surface area contributed by atoms with Gasteiger partial charge in [0, 0.05) is 11.1 Å². The first-order valence-electron chi connectivity index (χ1n) is 5.88. The van der Waals surface area contributed by atoms with Crippen molar-refractivity contribution in [3.8, 4) is 0 Å². The van der Waals surface area contributed by atoms with Gasteiger partial charge in [-0.15, -0.1) is 11.3 Å². The molecular formula is C12H19N3O3S. The molecular weight excluding hydrogens is 266 g/mol. The van der Waals surface area contributed by atoms with Crippen molar-refractivity contribution in [2.75, 3.05) is 0 Å². The van der Waals surface area contributed by atoms with E-state index in [-0.39, 0.29) is 0 Å². The normalized spacial score (nSPS) is 12.8. The van der Waals surface area contributed by atoms with E-state index in [9.17, 15) is 9.59 Å². The second-order valence-electron chi connectivity index (χ2n) is 5.33. The first-order valence-corrected chi connectivity index (χ1v) is 6.70. The van der Waals surface area contributed by atoms with Crippen molar-refractivity contribution in [3.63, 3.8) is 0 Å². The number of hydrogen-bond acceptors (Lipinski definition) is 4. The summed E-state index contributed by atoms with van der Waals surface area (Å²) >= 11 is 1.49. The number of urea groups is 1. The Morgan fingerprint density at radius 3 is 2.53 bits per heavy atom. The third-order valence-electron chi connectivity index (χ3n) is 2.46. The molecule has 1 heterocycles. The van der Waals surface area contributed by atoms with Crippen LogP contribution in [0.15, 0.2) is 6.20 Å². The van der Waals surface area contributed by atoms with Gasteiger partial charge in [0.05, 0.1) is 6.54 Å². The van der Waals surface area contributed by atoms with E-state index in [1.54, 1.807) is 27.0 Å². The van der Waals surface area contributed by atoms with Crippen molar-refractivity contribution in [3.05, 3.63) is 16.1 Å². The van der Waals surface area contributed by atoms with Crippen LogP contribution in [-0.4, -0.2) is 28.1 Å². The summed E-state index contributed by atoms with van der Waals surface area (Å²) in [5.41, 5.74) is -0.555. The minimum Gasteiger partial charge on any atom is -0.480 e. The molecule has 0 aliphatic carbocycles. The average molecular weight is 285 g/mol. The number of carbonyl (C=O) groups excluding carboxylic acids is 1. The number of aryl methyl sites for hydroxylation is 1. The van der Waals surface area contributed by atoms with E-state index in [1.165, 1.54) is 11.3 Å². The van der Waals surface area contributed by atoms with Crippen LogP contribution < -0.4 is 10.6 Å². The van der Waals surface area contributed by atoms with Crippen LogP contribution in [0.4, 0.5) is 4.79 Å². The summed E-state index contributed by atoms with van der Waals surface area (Å²) in [7, 11) is 0.